The van der Waals surface area contributed by atoms with Gasteiger partial charge < -0.3 is 9.64 Å². The molecule has 2 aromatic carbocycles. The molecule has 0 saturated heterocycles. The summed E-state index contributed by atoms with van der Waals surface area (Å²) in [5.74, 6) is 0.225. The maximum Gasteiger partial charge on any atom is 0.293 e. The lowest BCUT2D eigenvalue weighted by molar-refractivity contribution is -0.387. The molecular formula is C18H23N3O5S. The van der Waals surface area contributed by atoms with E-state index in [0.29, 0.717) is 13.0 Å². The maximum absolute atomic E-state index is 12.4. The fourth-order valence-electron chi connectivity index (χ4n) is 2.60. The van der Waals surface area contributed by atoms with E-state index in [1.54, 1.807) is 0 Å². The number of ether oxygens (including phenoxy) is 1. The number of nitro benzene ring substituents is 1. The molecule has 0 aromatic heterocycles. The first-order valence-electron chi connectivity index (χ1n) is 8.38. The van der Waals surface area contributed by atoms with E-state index in [1.165, 1.54) is 24.8 Å². The Morgan fingerprint density at radius 2 is 1.89 bits per heavy atom. The van der Waals surface area contributed by atoms with E-state index in [1.807, 2.05) is 37.4 Å². The number of nitro groups is 1. The van der Waals surface area contributed by atoms with Crippen LogP contribution in [0.1, 0.15) is 12.0 Å². The fraction of sp³-hybridized carbons (Fsp3) is 0.333. The molecule has 0 aliphatic heterocycles. The molecule has 27 heavy (non-hydrogen) atoms. The minimum atomic E-state index is -3.98. The highest BCUT2D eigenvalue weighted by molar-refractivity contribution is 7.89. The topological polar surface area (TPSA) is 102 Å². The van der Waals surface area contributed by atoms with Crippen molar-refractivity contribution >= 4 is 15.7 Å². The van der Waals surface area contributed by atoms with Crippen LogP contribution in [-0.4, -0.2) is 45.5 Å². The summed E-state index contributed by atoms with van der Waals surface area (Å²) >= 11 is 0. The summed E-state index contributed by atoms with van der Waals surface area (Å²) in [4.78, 5) is 12.2. The molecule has 0 amide bonds. The van der Waals surface area contributed by atoms with Crippen molar-refractivity contribution in [1.29, 1.82) is 0 Å². The van der Waals surface area contributed by atoms with Crippen LogP contribution in [0.15, 0.2) is 53.4 Å². The second kappa shape index (κ2) is 9.45. The normalized spacial score (nSPS) is 11.5. The van der Waals surface area contributed by atoms with Gasteiger partial charge in [0, 0.05) is 13.1 Å². The molecule has 8 nitrogen and oxygen atoms in total. The first-order valence-corrected chi connectivity index (χ1v) is 9.86. The van der Waals surface area contributed by atoms with E-state index in [-0.39, 0.29) is 17.2 Å². The second-order valence-electron chi connectivity index (χ2n) is 6.07. The first kappa shape index (κ1) is 20.8. The molecule has 0 radical (unpaired) electrons. The van der Waals surface area contributed by atoms with Gasteiger partial charge in [0.05, 0.1) is 18.1 Å². The largest absolute Gasteiger partial charge is 0.497 e. The lowest BCUT2D eigenvalue weighted by atomic mass is 10.2. The van der Waals surface area contributed by atoms with Gasteiger partial charge >= 0.3 is 0 Å². The van der Waals surface area contributed by atoms with Crippen molar-refractivity contribution in [1.82, 2.24) is 9.62 Å². The SMILES string of the molecule is COc1ccc(S(=O)(=O)NCCCN(C)Cc2ccccc2)c([N+](=O)[O-])c1. The molecule has 0 atom stereocenters. The summed E-state index contributed by atoms with van der Waals surface area (Å²) in [7, 11) is -0.671. The predicted octanol–water partition coefficient (Wildman–Crippen LogP) is 2.40. The maximum atomic E-state index is 12.4. The van der Waals surface area contributed by atoms with Crippen LogP contribution in [0.5, 0.6) is 5.75 Å². The fourth-order valence-corrected chi connectivity index (χ4v) is 3.83. The van der Waals surface area contributed by atoms with E-state index < -0.39 is 20.6 Å². The third-order valence-corrected chi connectivity index (χ3v) is 5.46. The molecule has 9 heteroatoms. The summed E-state index contributed by atoms with van der Waals surface area (Å²) in [6.07, 6.45) is 0.576. The number of rotatable bonds is 10. The highest BCUT2D eigenvalue weighted by atomic mass is 32.2. The Bertz CT molecular complexity index is 872. The van der Waals surface area contributed by atoms with Gasteiger partial charge in [-0.05, 0) is 37.7 Å². The molecule has 2 aromatic rings. The molecule has 0 aliphatic carbocycles. The van der Waals surface area contributed by atoms with Crippen molar-refractivity contribution in [2.24, 2.45) is 0 Å². The average Bonchev–Trinajstić information content (AvgIpc) is 2.65. The van der Waals surface area contributed by atoms with Crippen LogP contribution < -0.4 is 9.46 Å². The molecule has 0 heterocycles. The molecular weight excluding hydrogens is 370 g/mol. The predicted molar refractivity (Wildman–Crippen MR) is 102 cm³/mol. The van der Waals surface area contributed by atoms with E-state index in [9.17, 15) is 18.5 Å². The lowest BCUT2D eigenvalue weighted by Crippen LogP contribution is -2.28. The summed E-state index contributed by atoms with van der Waals surface area (Å²) in [5, 5.41) is 11.2. The average molecular weight is 393 g/mol. The van der Waals surface area contributed by atoms with Gasteiger partial charge in [0.15, 0.2) is 4.90 Å². The van der Waals surface area contributed by atoms with E-state index in [4.69, 9.17) is 4.74 Å². The van der Waals surface area contributed by atoms with Crippen LogP contribution in [0, 0.1) is 10.1 Å². The quantitative estimate of drug-likeness (QED) is 0.378. The van der Waals surface area contributed by atoms with Crippen molar-refractivity contribution in [2.45, 2.75) is 17.9 Å². The molecule has 2 rings (SSSR count). The van der Waals surface area contributed by atoms with E-state index in [2.05, 4.69) is 9.62 Å². The van der Waals surface area contributed by atoms with Gasteiger partial charge in [0.2, 0.25) is 10.0 Å². The Hall–Kier alpha value is -2.49. The van der Waals surface area contributed by atoms with Crippen molar-refractivity contribution in [2.75, 3.05) is 27.2 Å². The Balaban J connectivity index is 1.92. The standard InChI is InChI=1S/C18H23N3O5S/c1-20(14-15-7-4-3-5-8-15)12-6-11-19-27(24,25)18-10-9-16(26-2)13-17(18)21(22)23/h3-5,7-10,13,19H,6,11-12,14H2,1-2H3. The van der Waals surface area contributed by atoms with Crippen LogP contribution in [0.3, 0.4) is 0 Å². The summed E-state index contributed by atoms with van der Waals surface area (Å²) in [6.45, 7) is 1.63. The Morgan fingerprint density at radius 3 is 2.52 bits per heavy atom. The Morgan fingerprint density at radius 1 is 1.19 bits per heavy atom. The minimum absolute atomic E-state index is 0.185. The van der Waals surface area contributed by atoms with E-state index in [0.717, 1.165) is 12.6 Å². The number of methoxy groups -OCH3 is 1. The zero-order valence-electron chi connectivity index (χ0n) is 15.3. The Kier molecular flexibility index (Phi) is 7.28. The zero-order chi connectivity index (χ0) is 19.9. The van der Waals surface area contributed by atoms with Gasteiger partial charge in [-0.15, -0.1) is 0 Å². The minimum Gasteiger partial charge on any atom is -0.497 e. The molecule has 0 fully saturated rings. The van der Waals surface area contributed by atoms with E-state index >= 15 is 0 Å². The van der Waals surface area contributed by atoms with Gasteiger partial charge in [-0.2, -0.15) is 0 Å². The van der Waals surface area contributed by atoms with Crippen LogP contribution in [0.25, 0.3) is 0 Å². The molecule has 1 N–H and O–H groups in total. The van der Waals surface area contributed by atoms with Crippen LogP contribution >= 0.6 is 0 Å². The van der Waals surface area contributed by atoms with Gasteiger partial charge in [-0.1, -0.05) is 30.3 Å². The third kappa shape index (κ3) is 6.02. The monoisotopic (exact) mass is 393 g/mol. The van der Waals surface area contributed by atoms with Crippen molar-refractivity contribution in [3.05, 3.63) is 64.2 Å². The number of nitrogens with one attached hydrogen (secondary N) is 1. The van der Waals surface area contributed by atoms with Crippen LogP contribution in [-0.2, 0) is 16.6 Å². The number of hydrogen-bond acceptors (Lipinski definition) is 6. The number of sulfonamides is 1. The zero-order valence-corrected chi connectivity index (χ0v) is 16.1. The van der Waals surface area contributed by atoms with Crippen molar-refractivity contribution in [3.63, 3.8) is 0 Å². The number of nitrogens with zero attached hydrogens (tertiary/aromatic N) is 2. The summed E-state index contributed by atoms with van der Waals surface area (Å²) in [5.41, 5.74) is 0.664. The number of benzene rings is 2. The molecule has 146 valence electrons. The molecule has 0 aliphatic rings. The highest BCUT2D eigenvalue weighted by Gasteiger charge is 2.26. The molecule has 0 saturated carbocycles. The van der Waals surface area contributed by atoms with Gasteiger partial charge in [-0.25, -0.2) is 13.1 Å². The van der Waals surface area contributed by atoms with Crippen molar-refractivity contribution in [3.8, 4) is 5.75 Å². The number of hydrogen-bond donors (Lipinski definition) is 1. The Labute approximate surface area is 159 Å². The third-order valence-electron chi connectivity index (χ3n) is 3.96. The molecule has 0 bridgehead atoms. The first-order chi connectivity index (χ1) is 12.8. The van der Waals surface area contributed by atoms with Gasteiger partial charge in [0.1, 0.15) is 5.75 Å². The molecule has 0 unspecified atom stereocenters. The van der Waals surface area contributed by atoms with Crippen molar-refractivity contribution < 1.29 is 18.1 Å². The molecule has 0 spiro atoms. The van der Waals surface area contributed by atoms with Crippen LogP contribution in [0.2, 0.25) is 0 Å². The lowest BCUT2D eigenvalue weighted by Gasteiger charge is -2.16. The summed E-state index contributed by atoms with van der Waals surface area (Å²) in [6, 6.07) is 13.6. The van der Waals surface area contributed by atoms with Gasteiger partial charge in [-0.3, -0.25) is 10.1 Å². The van der Waals surface area contributed by atoms with Gasteiger partial charge in [0.25, 0.3) is 5.69 Å². The second-order valence-corrected chi connectivity index (χ2v) is 7.80. The van der Waals surface area contributed by atoms with Crippen LogP contribution in [0.4, 0.5) is 5.69 Å². The summed E-state index contributed by atoms with van der Waals surface area (Å²) < 4.78 is 32.2. The highest BCUT2D eigenvalue weighted by Crippen LogP contribution is 2.28. The smallest absolute Gasteiger partial charge is 0.293 e.